The van der Waals surface area contributed by atoms with Crippen molar-refractivity contribution < 1.29 is 0 Å². The van der Waals surface area contributed by atoms with Crippen molar-refractivity contribution in [2.45, 2.75) is 85.2 Å². The van der Waals surface area contributed by atoms with Crippen molar-refractivity contribution in [2.75, 3.05) is 19.6 Å². The van der Waals surface area contributed by atoms with Gasteiger partial charge in [-0.2, -0.15) is 0 Å². The average molecular weight is 295 g/mol. The number of piperidine rings is 2. The number of likely N-dealkylation sites (tertiary alicyclic amines) is 1. The first-order chi connectivity index (χ1) is 9.66. The number of nitrogens with zero attached hydrogens (tertiary/aromatic N) is 1. The van der Waals surface area contributed by atoms with Crippen LogP contribution in [0.25, 0.3) is 0 Å². The van der Waals surface area contributed by atoms with Gasteiger partial charge in [0.2, 0.25) is 0 Å². The van der Waals surface area contributed by atoms with E-state index >= 15 is 0 Å². The van der Waals surface area contributed by atoms with Crippen molar-refractivity contribution in [1.82, 2.24) is 10.2 Å². The lowest BCUT2D eigenvalue weighted by Gasteiger charge is -2.43. The minimum Gasteiger partial charge on any atom is -0.313 e. The summed E-state index contributed by atoms with van der Waals surface area (Å²) in [5.74, 6) is 1.84. The van der Waals surface area contributed by atoms with Crippen molar-refractivity contribution in [3.8, 4) is 0 Å². The Morgan fingerprint density at radius 2 is 1.67 bits per heavy atom. The largest absolute Gasteiger partial charge is 0.313 e. The second-order valence-corrected chi connectivity index (χ2v) is 9.63. The summed E-state index contributed by atoms with van der Waals surface area (Å²) in [6.07, 6.45) is 7.08. The Labute approximate surface area is 133 Å². The molecule has 0 aromatic rings. The summed E-state index contributed by atoms with van der Waals surface area (Å²) in [7, 11) is 0. The van der Waals surface area contributed by atoms with Crippen LogP contribution in [0, 0.1) is 17.3 Å². The zero-order valence-corrected chi connectivity index (χ0v) is 15.3. The SMILES string of the molecule is CC(C)(C)C1CCC(C[C@H]2CCCN(C(C)(C)C)C2)CN1. The van der Waals surface area contributed by atoms with Gasteiger partial charge in [-0.15, -0.1) is 0 Å². The molecule has 2 rings (SSSR count). The first-order valence-electron chi connectivity index (χ1n) is 9.14. The summed E-state index contributed by atoms with van der Waals surface area (Å²) in [4.78, 5) is 2.70. The van der Waals surface area contributed by atoms with E-state index in [0.29, 0.717) is 17.0 Å². The number of rotatable bonds is 2. The van der Waals surface area contributed by atoms with E-state index < -0.39 is 0 Å². The molecule has 0 aliphatic carbocycles. The molecular weight excluding hydrogens is 256 g/mol. The van der Waals surface area contributed by atoms with Crippen LogP contribution in [0.5, 0.6) is 0 Å². The van der Waals surface area contributed by atoms with E-state index in [0.717, 1.165) is 11.8 Å². The van der Waals surface area contributed by atoms with Crippen molar-refractivity contribution in [1.29, 1.82) is 0 Å². The van der Waals surface area contributed by atoms with Crippen LogP contribution in [-0.4, -0.2) is 36.1 Å². The van der Waals surface area contributed by atoms with Gasteiger partial charge in [0.05, 0.1) is 0 Å². The molecule has 21 heavy (non-hydrogen) atoms. The lowest BCUT2D eigenvalue weighted by Crippen LogP contribution is -2.49. The zero-order valence-electron chi connectivity index (χ0n) is 15.3. The van der Waals surface area contributed by atoms with E-state index in [9.17, 15) is 0 Å². The number of hydrogen-bond donors (Lipinski definition) is 1. The Morgan fingerprint density at radius 3 is 2.19 bits per heavy atom. The van der Waals surface area contributed by atoms with Crippen LogP contribution >= 0.6 is 0 Å². The molecule has 2 unspecified atom stereocenters. The molecule has 2 heterocycles. The van der Waals surface area contributed by atoms with Gasteiger partial charge in [0.15, 0.2) is 0 Å². The number of hydrogen-bond acceptors (Lipinski definition) is 2. The van der Waals surface area contributed by atoms with E-state index in [1.807, 2.05) is 0 Å². The maximum absolute atomic E-state index is 3.83. The van der Waals surface area contributed by atoms with Gasteiger partial charge in [0.25, 0.3) is 0 Å². The molecule has 0 aromatic carbocycles. The van der Waals surface area contributed by atoms with Crippen molar-refractivity contribution in [3.05, 3.63) is 0 Å². The molecule has 2 saturated heterocycles. The second-order valence-electron chi connectivity index (χ2n) is 9.63. The van der Waals surface area contributed by atoms with Gasteiger partial charge in [-0.3, -0.25) is 4.90 Å². The van der Waals surface area contributed by atoms with Gasteiger partial charge >= 0.3 is 0 Å². The molecule has 0 bridgehead atoms. The summed E-state index contributed by atoms with van der Waals surface area (Å²) in [5.41, 5.74) is 0.764. The third-order valence-corrected chi connectivity index (χ3v) is 5.70. The standard InChI is InChI=1S/C19H38N2/c1-18(2,3)17-10-9-15(13-20-17)12-16-8-7-11-21(14-16)19(4,5)6/h15-17,20H,7-14H2,1-6H3/t15?,16-,17?/m1/s1. The van der Waals surface area contributed by atoms with Crippen molar-refractivity contribution in [3.63, 3.8) is 0 Å². The van der Waals surface area contributed by atoms with Gasteiger partial charge in [0.1, 0.15) is 0 Å². The van der Waals surface area contributed by atoms with E-state index in [1.54, 1.807) is 0 Å². The van der Waals surface area contributed by atoms with Crippen LogP contribution in [0.3, 0.4) is 0 Å². The van der Waals surface area contributed by atoms with E-state index in [-0.39, 0.29) is 0 Å². The van der Waals surface area contributed by atoms with Crippen LogP contribution < -0.4 is 5.32 Å². The molecule has 2 aliphatic heterocycles. The van der Waals surface area contributed by atoms with Crippen LogP contribution in [-0.2, 0) is 0 Å². The summed E-state index contributed by atoms with van der Waals surface area (Å²) in [5, 5.41) is 3.83. The third kappa shape index (κ3) is 4.96. The minimum atomic E-state index is 0.348. The molecule has 2 aliphatic rings. The maximum Gasteiger partial charge on any atom is 0.0125 e. The molecule has 2 heteroatoms. The average Bonchev–Trinajstić information content (AvgIpc) is 2.37. The van der Waals surface area contributed by atoms with Crippen LogP contribution in [0.15, 0.2) is 0 Å². The highest BCUT2D eigenvalue weighted by atomic mass is 15.2. The molecule has 2 nitrogen and oxygen atoms in total. The number of nitrogens with one attached hydrogen (secondary N) is 1. The van der Waals surface area contributed by atoms with Crippen molar-refractivity contribution >= 4 is 0 Å². The van der Waals surface area contributed by atoms with Crippen LogP contribution in [0.2, 0.25) is 0 Å². The Balaban J connectivity index is 1.78. The highest BCUT2D eigenvalue weighted by Gasteiger charge is 2.32. The fourth-order valence-electron chi connectivity index (χ4n) is 4.19. The molecule has 0 saturated carbocycles. The van der Waals surface area contributed by atoms with Crippen LogP contribution in [0.4, 0.5) is 0 Å². The lowest BCUT2D eigenvalue weighted by molar-refractivity contribution is 0.0657. The van der Waals surface area contributed by atoms with E-state index in [4.69, 9.17) is 0 Å². The van der Waals surface area contributed by atoms with Gasteiger partial charge < -0.3 is 5.32 Å². The molecule has 0 amide bonds. The minimum absolute atomic E-state index is 0.348. The van der Waals surface area contributed by atoms with Gasteiger partial charge in [0, 0.05) is 18.1 Å². The lowest BCUT2D eigenvalue weighted by atomic mass is 9.77. The summed E-state index contributed by atoms with van der Waals surface area (Å²) < 4.78 is 0. The van der Waals surface area contributed by atoms with Gasteiger partial charge in [-0.05, 0) is 83.2 Å². The fraction of sp³-hybridized carbons (Fsp3) is 1.00. The molecule has 1 N–H and O–H groups in total. The molecule has 0 spiro atoms. The maximum atomic E-state index is 3.83. The molecule has 2 fully saturated rings. The highest BCUT2D eigenvalue weighted by molar-refractivity contribution is 4.88. The summed E-state index contributed by atoms with van der Waals surface area (Å²) in [6, 6.07) is 0.714. The smallest absolute Gasteiger partial charge is 0.0125 e. The molecule has 0 radical (unpaired) electrons. The topological polar surface area (TPSA) is 15.3 Å². The monoisotopic (exact) mass is 294 g/mol. The fourth-order valence-corrected chi connectivity index (χ4v) is 4.19. The molecular formula is C19H38N2. The van der Waals surface area contributed by atoms with Crippen LogP contribution in [0.1, 0.15) is 73.6 Å². The van der Waals surface area contributed by atoms with Gasteiger partial charge in [-0.25, -0.2) is 0 Å². The summed E-state index contributed by atoms with van der Waals surface area (Å²) >= 11 is 0. The third-order valence-electron chi connectivity index (χ3n) is 5.70. The predicted molar refractivity (Wildman–Crippen MR) is 92.6 cm³/mol. The van der Waals surface area contributed by atoms with Crippen molar-refractivity contribution in [2.24, 2.45) is 17.3 Å². The zero-order chi connectivity index (χ0) is 15.7. The second kappa shape index (κ2) is 6.58. The predicted octanol–water partition coefficient (Wildman–Crippen LogP) is 4.30. The Bertz CT molecular complexity index is 315. The Kier molecular flexibility index (Phi) is 5.41. The quantitative estimate of drug-likeness (QED) is 0.817. The molecule has 124 valence electrons. The highest BCUT2D eigenvalue weighted by Crippen LogP contribution is 2.33. The Hall–Kier alpha value is -0.0800. The van der Waals surface area contributed by atoms with E-state index in [1.165, 1.54) is 51.7 Å². The molecule has 0 aromatic heterocycles. The van der Waals surface area contributed by atoms with E-state index in [2.05, 4.69) is 51.8 Å². The first kappa shape index (κ1) is 17.3. The van der Waals surface area contributed by atoms with Gasteiger partial charge in [-0.1, -0.05) is 20.8 Å². The summed E-state index contributed by atoms with van der Waals surface area (Å²) in [6.45, 7) is 18.1. The normalized spacial score (nSPS) is 33.1. The molecule has 3 atom stereocenters. The Morgan fingerprint density at radius 1 is 0.952 bits per heavy atom. The first-order valence-corrected chi connectivity index (χ1v) is 9.14.